The Morgan fingerprint density at radius 3 is 2.28 bits per heavy atom. The van der Waals surface area contributed by atoms with Gasteiger partial charge in [0.15, 0.2) is 0 Å². The van der Waals surface area contributed by atoms with Crippen LogP contribution in [0.5, 0.6) is 5.75 Å². The number of hydrogen-bond donors (Lipinski definition) is 2. The second kappa shape index (κ2) is 10.9. The van der Waals surface area contributed by atoms with Gasteiger partial charge >= 0.3 is 18.3 Å². The zero-order chi connectivity index (χ0) is 31.0. The summed E-state index contributed by atoms with van der Waals surface area (Å²) in [5, 5.41) is 5.18. The molecule has 5 nitrogen and oxygen atoms in total. The zero-order valence-corrected chi connectivity index (χ0v) is 22.5. The number of ether oxygens (including phenoxy) is 1. The number of rotatable bonds is 6. The van der Waals surface area contributed by atoms with Crippen LogP contribution in [0.2, 0.25) is 0 Å². The lowest BCUT2D eigenvalue weighted by Gasteiger charge is -2.36. The molecule has 1 aromatic heterocycles. The third kappa shape index (κ3) is 6.42. The largest absolute Gasteiger partial charge is 0.432 e. The fourth-order valence-corrected chi connectivity index (χ4v) is 5.05. The van der Waals surface area contributed by atoms with Gasteiger partial charge in [0.05, 0.1) is 16.8 Å². The number of aryl methyl sites for hydroxylation is 1. The van der Waals surface area contributed by atoms with Crippen LogP contribution >= 0.6 is 0 Å². The van der Waals surface area contributed by atoms with Crippen molar-refractivity contribution in [3.8, 4) is 5.75 Å². The highest BCUT2D eigenvalue weighted by Gasteiger charge is 2.52. The van der Waals surface area contributed by atoms with Gasteiger partial charge in [-0.15, -0.1) is 0 Å². The number of carbonyl (C=O) groups excluding carboxylic acids is 1. The minimum atomic E-state index is -4.69. The molecule has 0 radical (unpaired) electrons. The number of pyridine rings is 1. The first-order valence-corrected chi connectivity index (χ1v) is 13.0. The topological polar surface area (TPSA) is 63.2 Å². The van der Waals surface area contributed by atoms with Crippen molar-refractivity contribution in [2.75, 3.05) is 5.32 Å². The summed E-state index contributed by atoms with van der Waals surface area (Å²) in [4.78, 5) is 18.1. The molecule has 1 aliphatic heterocycles. The lowest BCUT2D eigenvalue weighted by atomic mass is 9.80. The third-order valence-electron chi connectivity index (χ3n) is 6.97. The van der Waals surface area contributed by atoms with Gasteiger partial charge in [-0.05, 0) is 60.5 Å². The maximum Gasteiger partial charge on any atom is 0.416 e. The van der Waals surface area contributed by atoms with Crippen LogP contribution in [0.15, 0.2) is 91.0 Å². The van der Waals surface area contributed by atoms with E-state index in [4.69, 9.17) is 0 Å². The first-order valence-electron chi connectivity index (χ1n) is 13.0. The summed E-state index contributed by atoms with van der Waals surface area (Å²) in [6.45, 7) is 1.68. The molecule has 224 valence electrons. The molecule has 1 atom stereocenters. The molecule has 4 aromatic rings. The lowest BCUT2D eigenvalue weighted by molar-refractivity contribution is -0.239. The smallest absolute Gasteiger partial charge is 0.416 e. The molecule has 0 saturated carbocycles. The van der Waals surface area contributed by atoms with Crippen molar-refractivity contribution in [2.24, 2.45) is 0 Å². The Balaban J connectivity index is 1.59. The van der Waals surface area contributed by atoms with Gasteiger partial charge in [0, 0.05) is 17.8 Å². The molecule has 3 aromatic carbocycles. The van der Waals surface area contributed by atoms with E-state index < -0.39 is 53.1 Å². The molecule has 0 aliphatic carbocycles. The van der Waals surface area contributed by atoms with Crippen molar-refractivity contribution in [1.29, 1.82) is 0 Å². The van der Waals surface area contributed by atoms with E-state index in [9.17, 15) is 35.5 Å². The van der Waals surface area contributed by atoms with Crippen molar-refractivity contribution in [3.63, 3.8) is 0 Å². The Morgan fingerprint density at radius 2 is 1.58 bits per heavy atom. The summed E-state index contributed by atoms with van der Waals surface area (Å²) in [6, 6.07) is 19.9. The number of urea groups is 1. The van der Waals surface area contributed by atoms with Crippen LogP contribution in [0.4, 0.5) is 41.2 Å². The molecular weight excluding hydrogens is 579 g/mol. The number of fused-ring (bicyclic) bond motifs is 1. The summed E-state index contributed by atoms with van der Waals surface area (Å²) < 4.78 is 102. The van der Waals surface area contributed by atoms with E-state index in [2.05, 4.69) is 20.4 Å². The van der Waals surface area contributed by atoms with Crippen molar-refractivity contribution >= 4 is 11.7 Å². The van der Waals surface area contributed by atoms with Gasteiger partial charge in [-0.25, -0.2) is 13.6 Å². The number of nitrogens with zero attached hydrogens (tertiary/aromatic N) is 1. The Kier molecular flexibility index (Phi) is 7.57. The summed E-state index contributed by atoms with van der Waals surface area (Å²) in [7, 11) is 0. The highest BCUT2D eigenvalue weighted by atomic mass is 19.4. The molecule has 0 fully saturated rings. The maximum absolute atomic E-state index is 14.5. The molecule has 0 bridgehead atoms. The second-order valence-electron chi connectivity index (χ2n) is 10.2. The summed E-state index contributed by atoms with van der Waals surface area (Å²) in [5.74, 6) is -4.69. The van der Waals surface area contributed by atoms with Crippen LogP contribution in [0, 0.1) is 6.92 Å². The number of amides is 2. The first kappa shape index (κ1) is 29.9. The molecular formula is C31H24F7N3O2. The van der Waals surface area contributed by atoms with Crippen molar-refractivity contribution in [2.45, 2.75) is 43.5 Å². The Morgan fingerprint density at radius 1 is 0.884 bits per heavy atom. The second-order valence-corrected chi connectivity index (χ2v) is 10.2. The molecule has 0 saturated heterocycles. The molecule has 2 amide bonds. The highest BCUT2D eigenvalue weighted by Crippen LogP contribution is 2.49. The number of alkyl halides is 7. The maximum atomic E-state index is 14.5. The number of anilines is 1. The standard InChI is InChI=1S/C31H24F7N3O2/c1-19-7-5-12-26(39-19)28(17-20-8-3-2-4-9-20,21-10-6-11-22(15-21)31(36,37)38)41-27(42)40-23-13-14-25-24(16-23)29(32,33)18-30(34,35)43-25/h2-16H,17-18H2,1H3,(H2,40,41,42). The van der Waals surface area contributed by atoms with E-state index in [1.165, 1.54) is 12.1 Å². The molecule has 1 aliphatic rings. The van der Waals surface area contributed by atoms with Gasteiger partial charge in [-0.3, -0.25) is 4.98 Å². The predicted octanol–water partition coefficient (Wildman–Crippen LogP) is 8.18. The van der Waals surface area contributed by atoms with Crippen molar-refractivity contribution < 1.29 is 40.3 Å². The monoisotopic (exact) mass is 603 g/mol. The van der Waals surface area contributed by atoms with E-state index in [1.54, 1.807) is 55.5 Å². The number of nitrogens with one attached hydrogen (secondary N) is 2. The highest BCUT2D eigenvalue weighted by molar-refractivity contribution is 5.90. The minimum absolute atomic E-state index is 0.0375. The minimum Gasteiger partial charge on any atom is -0.432 e. The molecule has 2 heterocycles. The van der Waals surface area contributed by atoms with Gasteiger partial charge in [0.1, 0.15) is 17.7 Å². The van der Waals surface area contributed by atoms with Crippen molar-refractivity contribution in [1.82, 2.24) is 10.3 Å². The van der Waals surface area contributed by atoms with Gasteiger partial charge in [-0.1, -0.05) is 48.5 Å². The first-order chi connectivity index (χ1) is 20.2. The fraction of sp³-hybridized carbons (Fsp3) is 0.226. The van der Waals surface area contributed by atoms with Crippen LogP contribution in [0.3, 0.4) is 0 Å². The van der Waals surface area contributed by atoms with Crippen molar-refractivity contribution in [3.05, 3.63) is 125 Å². The SMILES string of the molecule is Cc1cccc(C(Cc2ccccc2)(NC(=O)Nc2ccc3c(c2)C(F)(F)CC(F)(F)O3)c2cccc(C(F)(F)F)c2)n1. The van der Waals surface area contributed by atoms with Crippen LogP contribution in [0.25, 0.3) is 0 Å². The van der Waals surface area contributed by atoms with Gasteiger partial charge in [-0.2, -0.15) is 22.0 Å². The van der Waals surface area contributed by atoms with Crippen LogP contribution in [0.1, 0.15) is 40.1 Å². The number of carbonyl (C=O) groups is 1. The Labute approximate surface area is 241 Å². The molecule has 0 spiro atoms. The molecule has 2 N–H and O–H groups in total. The Bertz CT molecular complexity index is 1640. The Hall–Kier alpha value is -4.61. The summed E-state index contributed by atoms with van der Waals surface area (Å²) >= 11 is 0. The van der Waals surface area contributed by atoms with E-state index in [0.29, 0.717) is 11.3 Å². The normalized spacial score (nSPS) is 16.7. The number of hydrogen-bond acceptors (Lipinski definition) is 3. The van der Waals surface area contributed by atoms with Crippen LogP contribution in [-0.2, 0) is 24.1 Å². The van der Waals surface area contributed by atoms with Gasteiger partial charge in [0.25, 0.3) is 5.92 Å². The molecule has 1 unspecified atom stereocenters. The number of benzene rings is 3. The molecule has 5 rings (SSSR count). The lowest BCUT2D eigenvalue weighted by Crippen LogP contribution is -2.51. The van der Waals surface area contributed by atoms with Crippen LogP contribution < -0.4 is 15.4 Å². The third-order valence-corrected chi connectivity index (χ3v) is 6.97. The summed E-state index contributed by atoms with van der Waals surface area (Å²) in [5.41, 5.74) is -2.20. The zero-order valence-electron chi connectivity index (χ0n) is 22.5. The van der Waals surface area contributed by atoms with E-state index in [0.717, 1.165) is 30.3 Å². The van der Waals surface area contributed by atoms with E-state index >= 15 is 0 Å². The number of aromatic nitrogens is 1. The molecule has 43 heavy (non-hydrogen) atoms. The van der Waals surface area contributed by atoms with E-state index in [-0.39, 0.29) is 23.4 Å². The van der Waals surface area contributed by atoms with E-state index in [1.807, 2.05) is 0 Å². The van der Waals surface area contributed by atoms with Crippen LogP contribution in [-0.4, -0.2) is 17.1 Å². The fourth-order valence-electron chi connectivity index (χ4n) is 5.05. The number of halogens is 7. The van der Waals surface area contributed by atoms with Gasteiger partial charge in [0.2, 0.25) is 0 Å². The molecule has 12 heteroatoms. The predicted molar refractivity (Wildman–Crippen MR) is 144 cm³/mol. The summed E-state index contributed by atoms with van der Waals surface area (Å²) in [6.07, 6.45) is -10.7. The average Bonchev–Trinajstić information content (AvgIpc) is 2.92. The quantitative estimate of drug-likeness (QED) is 0.219. The average molecular weight is 604 g/mol. The van der Waals surface area contributed by atoms with Gasteiger partial charge < -0.3 is 15.4 Å².